The van der Waals surface area contributed by atoms with E-state index in [1.807, 2.05) is 6.08 Å². The SMILES string of the molecule is CCCCC=CC=CCC(=O)O. The van der Waals surface area contributed by atoms with E-state index in [0.29, 0.717) is 0 Å². The fourth-order valence-electron chi connectivity index (χ4n) is 0.744. The predicted molar refractivity (Wildman–Crippen MR) is 50.1 cm³/mol. The monoisotopic (exact) mass is 168 g/mol. The van der Waals surface area contributed by atoms with Crippen molar-refractivity contribution in [2.75, 3.05) is 0 Å². The van der Waals surface area contributed by atoms with Crippen LogP contribution >= 0.6 is 0 Å². The Morgan fingerprint density at radius 2 is 2.00 bits per heavy atom. The van der Waals surface area contributed by atoms with Crippen LogP contribution in [-0.4, -0.2) is 11.1 Å². The summed E-state index contributed by atoms with van der Waals surface area (Å²) in [6.07, 6.45) is 11.0. The van der Waals surface area contributed by atoms with Crippen LogP contribution in [0.4, 0.5) is 0 Å². The third kappa shape index (κ3) is 8.95. The summed E-state index contributed by atoms with van der Waals surface area (Å²) in [5.41, 5.74) is 0. The van der Waals surface area contributed by atoms with Crippen molar-refractivity contribution in [2.24, 2.45) is 0 Å². The van der Waals surface area contributed by atoms with Crippen LogP contribution in [0.25, 0.3) is 0 Å². The quantitative estimate of drug-likeness (QED) is 0.489. The van der Waals surface area contributed by atoms with Gasteiger partial charge in [0.1, 0.15) is 0 Å². The van der Waals surface area contributed by atoms with Crippen LogP contribution in [0, 0.1) is 0 Å². The molecule has 0 saturated heterocycles. The van der Waals surface area contributed by atoms with Gasteiger partial charge in [-0.3, -0.25) is 4.79 Å². The minimum absolute atomic E-state index is 0.109. The van der Waals surface area contributed by atoms with Crippen molar-refractivity contribution < 1.29 is 9.90 Å². The summed E-state index contributed by atoms with van der Waals surface area (Å²) >= 11 is 0. The highest BCUT2D eigenvalue weighted by Crippen LogP contribution is 1.95. The molecular weight excluding hydrogens is 152 g/mol. The maximum absolute atomic E-state index is 10.1. The predicted octanol–water partition coefficient (Wildman–Crippen LogP) is 2.76. The first-order valence-corrected chi connectivity index (χ1v) is 4.30. The van der Waals surface area contributed by atoms with Crippen molar-refractivity contribution in [3.63, 3.8) is 0 Å². The molecule has 0 aliphatic rings. The number of allylic oxidation sites excluding steroid dienone is 3. The van der Waals surface area contributed by atoms with E-state index >= 15 is 0 Å². The Hall–Kier alpha value is -1.05. The van der Waals surface area contributed by atoms with E-state index in [2.05, 4.69) is 13.0 Å². The third-order valence-electron chi connectivity index (χ3n) is 1.40. The average molecular weight is 168 g/mol. The van der Waals surface area contributed by atoms with Crippen molar-refractivity contribution in [3.8, 4) is 0 Å². The molecular formula is C10H16O2. The van der Waals surface area contributed by atoms with Gasteiger partial charge >= 0.3 is 5.97 Å². The molecule has 0 aliphatic carbocycles. The fourth-order valence-corrected chi connectivity index (χ4v) is 0.744. The van der Waals surface area contributed by atoms with Gasteiger partial charge in [0.25, 0.3) is 0 Å². The molecule has 12 heavy (non-hydrogen) atoms. The Kier molecular flexibility index (Phi) is 7.35. The van der Waals surface area contributed by atoms with Gasteiger partial charge in [-0.15, -0.1) is 0 Å². The van der Waals surface area contributed by atoms with Gasteiger partial charge in [0.2, 0.25) is 0 Å². The fraction of sp³-hybridized carbons (Fsp3) is 0.500. The van der Waals surface area contributed by atoms with Crippen LogP contribution in [0.3, 0.4) is 0 Å². The Labute approximate surface area is 73.6 Å². The first-order chi connectivity index (χ1) is 5.77. The average Bonchev–Trinajstić information content (AvgIpc) is 2.02. The lowest BCUT2D eigenvalue weighted by molar-refractivity contribution is -0.135. The molecule has 0 aromatic rings. The minimum atomic E-state index is -0.784. The summed E-state index contributed by atoms with van der Waals surface area (Å²) < 4.78 is 0. The van der Waals surface area contributed by atoms with Gasteiger partial charge in [0.15, 0.2) is 0 Å². The third-order valence-corrected chi connectivity index (χ3v) is 1.40. The van der Waals surface area contributed by atoms with Crippen LogP contribution in [0.15, 0.2) is 24.3 Å². The molecule has 0 heterocycles. The lowest BCUT2D eigenvalue weighted by Gasteiger charge is -1.85. The number of carbonyl (C=O) groups is 1. The number of unbranched alkanes of at least 4 members (excludes halogenated alkanes) is 2. The summed E-state index contributed by atoms with van der Waals surface area (Å²) in [5.74, 6) is -0.784. The molecule has 0 rings (SSSR count). The molecule has 0 aromatic heterocycles. The van der Waals surface area contributed by atoms with Gasteiger partial charge in [-0.25, -0.2) is 0 Å². The standard InChI is InChI=1S/C10H16O2/c1-2-3-4-5-6-7-8-9-10(11)12/h5-8H,2-4,9H2,1H3,(H,11,12). The highest BCUT2D eigenvalue weighted by molar-refractivity contribution is 5.68. The largest absolute Gasteiger partial charge is 0.481 e. The van der Waals surface area contributed by atoms with E-state index in [1.54, 1.807) is 12.2 Å². The van der Waals surface area contributed by atoms with Crippen LogP contribution in [0.1, 0.15) is 32.6 Å². The molecule has 0 radical (unpaired) electrons. The lowest BCUT2D eigenvalue weighted by Crippen LogP contribution is -1.89. The van der Waals surface area contributed by atoms with E-state index in [1.165, 1.54) is 12.8 Å². The molecule has 0 spiro atoms. The number of hydrogen-bond donors (Lipinski definition) is 1. The maximum Gasteiger partial charge on any atom is 0.307 e. The van der Waals surface area contributed by atoms with Crippen molar-refractivity contribution in [1.29, 1.82) is 0 Å². The molecule has 0 amide bonds. The first kappa shape index (κ1) is 11.0. The summed E-state index contributed by atoms with van der Waals surface area (Å²) in [6.45, 7) is 2.15. The molecule has 0 atom stereocenters. The van der Waals surface area contributed by atoms with E-state index in [0.717, 1.165) is 6.42 Å². The van der Waals surface area contributed by atoms with Gasteiger partial charge < -0.3 is 5.11 Å². The van der Waals surface area contributed by atoms with Crippen LogP contribution in [0.2, 0.25) is 0 Å². The second kappa shape index (κ2) is 8.05. The van der Waals surface area contributed by atoms with Crippen LogP contribution < -0.4 is 0 Å². The Morgan fingerprint density at radius 3 is 2.58 bits per heavy atom. The Morgan fingerprint density at radius 1 is 1.33 bits per heavy atom. The zero-order valence-corrected chi connectivity index (χ0v) is 7.49. The number of carboxylic acids is 1. The van der Waals surface area contributed by atoms with Gasteiger partial charge in [-0.05, 0) is 6.42 Å². The molecule has 0 fully saturated rings. The number of aliphatic carboxylic acids is 1. The van der Waals surface area contributed by atoms with E-state index in [9.17, 15) is 4.79 Å². The molecule has 2 heteroatoms. The van der Waals surface area contributed by atoms with Crippen molar-refractivity contribution in [2.45, 2.75) is 32.6 Å². The topological polar surface area (TPSA) is 37.3 Å². The van der Waals surface area contributed by atoms with E-state index in [4.69, 9.17) is 5.11 Å². The number of rotatable bonds is 6. The molecule has 68 valence electrons. The van der Waals surface area contributed by atoms with Crippen molar-refractivity contribution in [1.82, 2.24) is 0 Å². The molecule has 0 aliphatic heterocycles. The van der Waals surface area contributed by atoms with E-state index in [-0.39, 0.29) is 6.42 Å². The second-order valence-electron chi connectivity index (χ2n) is 2.60. The molecule has 1 N–H and O–H groups in total. The number of carboxylic acid groups (broad SMARTS) is 1. The van der Waals surface area contributed by atoms with Crippen LogP contribution in [-0.2, 0) is 4.79 Å². The van der Waals surface area contributed by atoms with Crippen molar-refractivity contribution in [3.05, 3.63) is 24.3 Å². The van der Waals surface area contributed by atoms with Gasteiger partial charge in [-0.2, -0.15) is 0 Å². The Balaban J connectivity index is 3.33. The summed E-state index contributed by atoms with van der Waals surface area (Å²) in [7, 11) is 0. The highest BCUT2D eigenvalue weighted by atomic mass is 16.4. The summed E-state index contributed by atoms with van der Waals surface area (Å²) in [5, 5.41) is 8.28. The molecule has 0 unspecified atom stereocenters. The highest BCUT2D eigenvalue weighted by Gasteiger charge is 1.86. The van der Waals surface area contributed by atoms with Gasteiger partial charge in [-0.1, -0.05) is 44.1 Å². The van der Waals surface area contributed by atoms with Crippen LogP contribution in [0.5, 0.6) is 0 Å². The summed E-state index contributed by atoms with van der Waals surface area (Å²) in [4.78, 5) is 10.1. The molecule has 2 nitrogen and oxygen atoms in total. The second-order valence-corrected chi connectivity index (χ2v) is 2.60. The zero-order valence-electron chi connectivity index (χ0n) is 7.49. The maximum atomic E-state index is 10.1. The Bertz CT molecular complexity index is 169. The van der Waals surface area contributed by atoms with Gasteiger partial charge in [0, 0.05) is 0 Å². The smallest absolute Gasteiger partial charge is 0.307 e. The molecule has 0 aromatic carbocycles. The lowest BCUT2D eigenvalue weighted by atomic mass is 10.2. The molecule has 0 saturated carbocycles. The number of hydrogen-bond acceptors (Lipinski definition) is 1. The van der Waals surface area contributed by atoms with Crippen molar-refractivity contribution >= 4 is 5.97 Å². The normalized spacial score (nSPS) is 11.4. The summed E-state index contributed by atoms with van der Waals surface area (Å²) in [6, 6.07) is 0. The van der Waals surface area contributed by atoms with E-state index < -0.39 is 5.97 Å². The zero-order chi connectivity index (χ0) is 9.23. The van der Waals surface area contributed by atoms with Gasteiger partial charge in [0.05, 0.1) is 6.42 Å². The first-order valence-electron chi connectivity index (χ1n) is 4.30. The molecule has 0 bridgehead atoms. The minimum Gasteiger partial charge on any atom is -0.481 e.